The van der Waals surface area contributed by atoms with Crippen molar-refractivity contribution in [3.8, 4) is 0 Å². The molecule has 3 atom stereocenters. The predicted molar refractivity (Wildman–Crippen MR) is 57.6 cm³/mol. The van der Waals surface area contributed by atoms with Crippen LogP contribution in [0, 0.1) is 0 Å². The van der Waals surface area contributed by atoms with E-state index in [2.05, 4.69) is 12.6 Å². The highest BCUT2D eigenvalue weighted by molar-refractivity contribution is 7.81. The molecule has 0 saturated carbocycles. The zero-order valence-electron chi connectivity index (χ0n) is 8.90. The van der Waals surface area contributed by atoms with Gasteiger partial charge >= 0.3 is 5.97 Å². The van der Waals surface area contributed by atoms with Crippen molar-refractivity contribution in [2.45, 2.75) is 57.2 Å². The summed E-state index contributed by atoms with van der Waals surface area (Å²) in [7, 11) is 0. The quantitative estimate of drug-likeness (QED) is 0.567. The number of carbonyl (C=O) groups excluding carboxylic acids is 1. The average molecular weight is 218 g/mol. The number of ether oxygens (including phenoxy) is 2. The second kappa shape index (κ2) is 5.03. The Morgan fingerprint density at radius 2 is 1.93 bits per heavy atom. The van der Waals surface area contributed by atoms with Gasteiger partial charge in [0.25, 0.3) is 0 Å². The highest BCUT2D eigenvalue weighted by Gasteiger charge is 2.27. The monoisotopic (exact) mass is 218 g/mol. The van der Waals surface area contributed by atoms with Crippen LogP contribution in [0.15, 0.2) is 0 Å². The van der Waals surface area contributed by atoms with Crippen molar-refractivity contribution in [1.82, 2.24) is 0 Å². The zero-order chi connectivity index (χ0) is 10.7. The van der Waals surface area contributed by atoms with Crippen molar-refractivity contribution in [3.05, 3.63) is 0 Å². The van der Waals surface area contributed by atoms with Crippen LogP contribution in [-0.4, -0.2) is 29.5 Å². The van der Waals surface area contributed by atoms with Crippen molar-refractivity contribution in [1.29, 1.82) is 0 Å². The fourth-order valence-corrected chi connectivity index (χ4v) is 1.76. The Bertz CT molecular complexity index is 196. The van der Waals surface area contributed by atoms with E-state index in [1.54, 1.807) is 6.92 Å². The maximum atomic E-state index is 11.3. The molecular weight excluding hydrogens is 200 g/mol. The molecule has 1 heterocycles. The molecule has 1 rings (SSSR count). The number of esters is 1. The first-order chi connectivity index (χ1) is 6.49. The Morgan fingerprint density at radius 1 is 1.43 bits per heavy atom. The van der Waals surface area contributed by atoms with Gasteiger partial charge in [-0.1, -0.05) is 0 Å². The largest absolute Gasteiger partial charge is 0.461 e. The van der Waals surface area contributed by atoms with E-state index < -0.39 is 0 Å². The molecule has 0 aromatic rings. The van der Waals surface area contributed by atoms with Crippen molar-refractivity contribution < 1.29 is 14.3 Å². The molecule has 0 aliphatic carbocycles. The summed E-state index contributed by atoms with van der Waals surface area (Å²) in [6, 6.07) is 0. The van der Waals surface area contributed by atoms with Gasteiger partial charge < -0.3 is 9.47 Å². The van der Waals surface area contributed by atoms with Gasteiger partial charge in [0.15, 0.2) is 0 Å². The molecular formula is C10H18O3S. The summed E-state index contributed by atoms with van der Waals surface area (Å²) in [5, 5.41) is -0.344. The molecule has 1 saturated heterocycles. The van der Waals surface area contributed by atoms with Crippen LogP contribution in [0.25, 0.3) is 0 Å². The van der Waals surface area contributed by atoms with E-state index in [0.29, 0.717) is 0 Å². The van der Waals surface area contributed by atoms with Crippen LogP contribution in [0.1, 0.15) is 33.6 Å². The van der Waals surface area contributed by atoms with E-state index in [0.717, 1.165) is 12.8 Å². The predicted octanol–water partition coefficient (Wildman–Crippen LogP) is 1.80. The van der Waals surface area contributed by atoms with Crippen molar-refractivity contribution in [3.63, 3.8) is 0 Å². The fourth-order valence-electron chi connectivity index (χ4n) is 1.70. The third-order valence-electron chi connectivity index (χ3n) is 2.28. The lowest BCUT2D eigenvalue weighted by molar-refractivity contribution is -0.158. The van der Waals surface area contributed by atoms with E-state index in [1.807, 2.05) is 13.8 Å². The van der Waals surface area contributed by atoms with Crippen LogP contribution in [0.5, 0.6) is 0 Å². The Labute approximate surface area is 90.6 Å². The second-order valence-electron chi connectivity index (χ2n) is 3.96. The van der Waals surface area contributed by atoms with E-state index in [1.165, 1.54) is 0 Å². The van der Waals surface area contributed by atoms with Crippen LogP contribution in [0.4, 0.5) is 0 Å². The van der Waals surface area contributed by atoms with Crippen LogP contribution >= 0.6 is 12.6 Å². The molecule has 4 heteroatoms. The SMILES string of the molecule is CC1CC(OC(=O)C(C)S)CC(C)O1. The summed E-state index contributed by atoms with van der Waals surface area (Å²) in [5.41, 5.74) is 0. The number of carbonyl (C=O) groups is 1. The molecule has 0 N–H and O–H groups in total. The van der Waals surface area contributed by atoms with Crippen molar-refractivity contribution in [2.75, 3.05) is 0 Å². The first-order valence-electron chi connectivity index (χ1n) is 5.03. The topological polar surface area (TPSA) is 35.5 Å². The van der Waals surface area contributed by atoms with E-state index in [9.17, 15) is 4.79 Å². The van der Waals surface area contributed by atoms with E-state index in [4.69, 9.17) is 9.47 Å². The van der Waals surface area contributed by atoms with Gasteiger partial charge in [-0.05, 0) is 20.8 Å². The number of hydrogen-bond acceptors (Lipinski definition) is 4. The Kier molecular flexibility index (Phi) is 4.26. The van der Waals surface area contributed by atoms with Gasteiger partial charge in [-0.3, -0.25) is 4.79 Å². The maximum Gasteiger partial charge on any atom is 0.318 e. The van der Waals surface area contributed by atoms with Gasteiger partial charge in [0.05, 0.1) is 17.5 Å². The Hall–Kier alpha value is -0.220. The Balaban J connectivity index is 2.40. The molecule has 0 aromatic carbocycles. The highest BCUT2D eigenvalue weighted by Crippen LogP contribution is 2.22. The average Bonchev–Trinajstić information content (AvgIpc) is 2.01. The summed E-state index contributed by atoms with van der Waals surface area (Å²) in [5.74, 6) is -0.236. The summed E-state index contributed by atoms with van der Waals surface area (Å²) in [6.45, 7) is 5.72. The third kappa shape index (κ3) is 3.50. The molecule has 1 fully saturated rings. The van der Waals surface area contributed by atoms with Gasteiger partial charge in [-0.15, -0.1) is 0 Å². The lowest BCUT2D eigenvalue weighted by atomic mass is 10.0. The summed E-state index contributed by atoms with van der Waals surface area (Å²) in [6.07, 6.45) is 1.92. The third-order valence-corrected chi connectivity index (χ3v) is 2.49. The van der Waals surface area contributed by atoms with Crippen LogP contribution in [0.2, 0.25) is 0 Å². The normalized spacial score (nSPS) is 35.0. The highest BCUT2D eigenvalue weighted by atomic mass is 32.1. The molecule has 82 valence electrons. The molecule has 0 aromatic heterocycles. The second-order valence-corrected chi connectivity index (χ2v) is 4.74. The maximum absolute atomic E-state index is 11.3. The van der Waals surface area contributed by atoms with Crippen LogP contribution < -0.4 is 0 Å². The van der Waals surface area contributed by atoms with Crippen molar-refractivity contribution in [2.24, 2.45) is 0 Å². The van der Waals surface area contributed by atoms with E-state index in [-0.39, 0.29) is 29.5 Å². The first kappa shape index (κ1) is 11.9. The molecule has 0 spiro atoms. The van der Waals surface area contributed by atoms with E-state index >= 15 is 0 Å². The lowest BCUT2D eigenvalue weighted by Gasteiger charge is -2.31. The molecule has 0 bridgehead atoms. The minimum atomic E-state index is -0.344. The Morgan fingerprint density at radius 3 is 2.36 bits per heavy atom. The first-order valence-corrected chi connectivity index (χ1v) is 5.54. The molecule has 0 radical (unpaired) electrons. The molecule has 3 unspecified atom stereocenters. The molecule has 3 nitrogen and oxygen atoms in total. The summed E-state index contributed by atoms with van der Waals surface area (Å²) >= 11 is 4.03. The molecule has 1 aliphatic heterocycles. The van der Waals surface area contributed by atoms with Gasteiger partial charge in [-0.25, -0.2) is 0 Å². The number of thiol groups is 1. The molecule has 14 heavy (non-hydrogen) atoms. The minimum Gasteiger partial charge on any atom is -0.461 e. The van der Waals surface area contributed by atoms with Gasteiger partial charge in [-0.2, -0.15) is 12.6 Å². The van der Waals surface area contributed by atoms with Crippen molar-refractivity contribution >= 4 is 18.6 Å². The minimum absolute atomic E-state index is 0.00384. The van der Waals surface area contributed by atoms with Gasteiger partial charge in [0.1, 0.15) is 6.10 Å². The standard InChI is InChI=1S/C10H18O3S/c1-6-4-9(5-7(2)12-6)13-10(11)8(3)14/h6-9,14H,4-5H2,1-3H3. The summed E-state index contributed by atoms with van der Waals surface area (Å²) in [4.78, 5) is 11.3. The van der Waals surface area contributed by atoms with Crippen LogP contribution in [0.3, 0.4) is 0 Å². The molecule has 0 amide bonds. The van der Waals surface area contributed by atoms with Gasteiger partial charge in [0, 0.05) is 12.8 Å². The number of rotatable bonds is 2. The zero-order valence-corrected chi connectivity index (χ0v) is 9.79. The lowest BCUT2D eigenvalue weighted by Crippen LogP contribution is -2.36. The molecule has 1 aliphatic rings. The fraction of sp³-hybridized carbons (Fsp3) is 0.900. The smallest absolute Gasteiger partial charge is 0.318 e. The number of hydrogen-bond donors (Lipinski definition) is 1. The summed E-state index contributed by atoms with van der Waals surface area (Å²) < 4.78 is 10.8. The van der Waals surface area contributed by atoms with Gasteiger partial charge in [0.2, 0.25) is 0 Å². The van der Waals surface area contributed by atoms with Crippen LogP contribution in [-0.2, 0) is 14.3 Å².